The van der Waals surface area contributed by atoms with Crippen molar-refractivity contribution in [2.45, 2.75) is 12.7 Å². The highest BCUT2D eigenvalue weighted by atomic mass is 19.3. The van der Waals surface area contributed by atoms with Gasteiger partial charge in [0, 0.05) is 13.1 Å². The Morgan fingerprint density at radius 1 is 1.64 bits per heavy atom. The van der Waals surface area contributed by atoms with Crippen LogP contribution in [0.5, 0.6) is 0 Å². The van der Waals surface area contributed by atoms with Crippen LogP contribution in [0.4, 0.5) is 13.6 Å². The highest BCUT2D eigenvalue weighted by molar-refractivity contribution is 5.63. The predicted molar refractivity (Wildman–Crippen MR) is 27.8 cm³/mol. The summed E-state index contributed by atoms with van der Waals surface area (Å²) in [6.07, 6.45) is -2.02. The zero-order chi connectivity index (χ0) is 8.43. The summed E-state index contributed by atoms with van der Waals surface area (Å²) < 4.78 is 26.9. The molecule has 1 rings (SSSR count). The van der Waals surface area contributed by atoms with E-state index in [4.69, 9.17) is 0 Å². The van der Waals surface area contributed by atoms with Crippen LogP contribution in [0.25, 0.3) is 0 Å². The van der Waals surface area contributed by atoms with Gasteiger partial charge in [-0.1, -0.05) is 0 Å². The fourth-order valence-electron chi connectivity index (χ4n) is 0.819. The monoisotopic (exact) mass is 166 g/mol. The fourth-order valence-corrected chi connectivity index (χ4v) is 0.819. The average Bonchev–Trinajstić information content (AvgIpc) is 1.75. The van der Waals surface area contributed by atoms with E-state index in [0.717, 1.165) is 4.90 Å². The first kappa shape index (κ1) is 8.19. The second-order valence-corrected chi connectivity index (χ2v) is 2.19. The van der Waals surface area contributed by atoms with Crippen LogP contribution in [0, 0.1) is 0 Å². The maximum atomic E-state index is 11.4. The van der Waals surface area contributed by atoms with Gasteiger partial charge in [-0.3, -0.25) is 0 Å². The summed E-state index contributed by atoms with van der Waals surface area (Å²) in [7, 11) is 0. The Morgan fingerprint density at radius 2 is 2.18 bits per heavy atom. The lowest BCUT2D eigenvalue weighted by Gasteiger charge is -2.40. The van der Waals surface area contributed by atoms with Crippen molar-refractivity contribution in [3.8, 4) is 0 Å². The Morgan fingerprint density at radius 3 is 2.55 bits per heavy atom. The molecule has 0 saturated carbocycles. The quantitative estimate of drug-likeness (QED) is 0.542. The summed E-state index contributed by atoms with van der Waals surface area (Å²) in [5.74, 6) is 0. The largest absolute Gasteiger partial charge is 0.530 e. The molecule has 0 radical (unpaired) electrons. The smallest absolute Gasteiger partial charge is 0.345 e. The van der Waals surface area contributed by atoms with Gasteiger partial charge in [0.2, 0.25) is 0 Å². The summed E-state index contributed by atoms with van der Waals surface area (Å²) in [5.41, 5.74) is 0. The molecule has 0 aromatic carbocycles. The van der Waals surface area contributed by atoms with Gasteiger partial charge >= 0.3 is 6.61 Å². The molecule has 1 aliphatic heterocycles. The number of amides is 1. The van der Waals surface area contributed by atoms with Gasteiger partial charge in [0.05, 0.1) is 6.10 Å². The minimum Gasteiger partial charge on any atom is -0.530 e. The van der Waals surface area contributed by atoms with Gasteiger partial charge in [-0.05, 0) is 0 Å². The molecule has 0 aliphatic carbocycles. The van der Waals surface area contributed by atoms with Gasteiger partial charge in [0.15, 0.2) is 0 Å². The van der Waals surface area contributed by atoms with Crippen LogP contribution in [-0.4, -0.2) is 36.8 Å². The summed E-state index contributed by atoms with van der Waals surface area (Å²) in [4.78, 5) is 10.9. The molecule has 64 valence electrons. The number of rotatable bonds is 2. The van der Waals surface area contributed by atoms with E-state index in [0.29, 0.717) is 0 Å². The second-order valence-electron chi connectivity index (χ2n) is 2.19. The van der Waals surface area contributed by atoms with Crippen molar-refractivity contribution in [2.75, 3.05) is 13.1 Å². The molecule has 1 fully saturated rings. The highest BCUT2D eigenvalue weighted by Crippen LogP contribution is 2.13. The molecule has 11 heavy (non-hydrogen) atoms. The van der Waals surface area contributed by atoms with Crippen molar-refractivity contribution in [1.29, 1.82) is 0 Å². The van der Waals surface area contributed by atoms with Crippen molar-refractivity contribution in [3.63, 3.8) is 0 Å². The average molecular weight is 166 g/mol. The van der Waals surface area contributed by atoms with Crippen LogP contribution < -0.4 is 5.11 Å². The molecule has 1 heterocycles. The Hall–Kier alpha value is -0.910. The van der Waals surface area contributed by atoms with Crippen LogP contribution >= 0.6 is 0 Å². The Balaban J connectivity index is 2.14. The van der Waals surface area contributed by atoms with Gasteiger partial charge in [-0.25, -0.2) is 0 Å². The third-order valence-electron chi connectivity index (χ3n) is 1.40. The predicted octanol–water partition coefficient (Wildman–Crippen LogP) is -0.747. The van der Waals surface area contributed by atoms with E-state index >= 15 is 0 Å². The Bertz CT molecular complexity index is 158. The number of likely N-dealkylation sites (tertiary alicyclic amines) is 1. The van der Waals surface area contributed by atoms with Crippen molar-refractivity contribution in [2.24, 2.45) is 0 Å². The van der Waals surface area contributed by atoms with E-state index < -0.39 is 18.8 Å². The minimum absolute atomic E-state index is 0.0212. The van der Waals surface area contributed by atoms with Crippen LogP contribution in [0.2, 0.25) is 0 Å². The number of halogens is 2. The molecular weight excluding hydrogens is 160 g/mol. The molecule has 1 aliphatic rings. The van der Waals surface area contributed by atoms with E-state index in [1.165, 1.54) is 0 Å². The third-order valence-corrected chi connectivity index (χ3v) is 1.40. The molecule has 0 aromatic rings. The van der Waals surface area contributed by atoms with Gasteiger partial charge < -0.3 is 19.5 Å². The normalized spacial score (nSPS) is 18.6. The molecule has 0 spiro atoms. The van der Waals surface area contributed by atoms with E-state index in [1.54, 1.807) is 0 Å². The molecule has 0 unspecified atom stereocenters. The number of carbonyl (C=O) groups excluding carboxylic acids is 1. The summed E-state index contributed by atoms with van der Waals surface area (Å²) >= 11 is 0. The van der Waals surface area contributed by atoms with Crippen LogP contribution in [-0.2, 0) is 4.74 Å². The zero-order valence-electron chi connectivity index (χ0n) is 5.50. The van der Waals surface area contributed by atoms with Gasteiger partial charge in [-0.15, -0.1) is 0 Å². The molecule has 1 amide bonds. The fraction of sp³-hybridized carbons (Fsp3) is 0.800. The SMILES string of the molecule is O=C([O-])N1CC(OC(F)F)C1. The maximum Gasteiger partial charge on any atom is 0.345 e. The van der Waals surface area contributed by atoms with Crippen molar-refractivity contribution < 1.29 is 23.4 Å². The molecule has 1 saturated heterocycles. The van der Waals surface area contributed by atoms with E-state index in [9.17, 15) is 18.7 Å². The minimum atomic E-state index is -2.83. The molecule has 0 N–H and O–H groups in total. The number of ether oxygens (including phenoxy) is 1. The summed E-state index contributed by atoms with van der Waals surface area (Å²) in [6.45, 7) is -2.87. The van der Waals surface area contributed by atoms with Crippen LogP contribution in [0.15, 0.2) is 0 Å². The molecular formula is C5H6F2NO3-. The van der Waals surface area contributed by atoms with E-state index in [-0.39, 0.29) is 13.1 Å². The number of alkyl halides is 2. The van der Waals surface area contributed by atoms with Crippen molar-refractivity contribution in [1.82, 2.24) is 4.90 Å². The molecule has 6 heteroatoms. The van der Waals surface area contributed by atoms with Gasteiger partial charge in [-0.2, -0.15) is 8.78 Å². The number of carboxylic acid groups (broad SMARTS) is 1. The standard InChI is InChI=1S/C5H7F2NO3/c6-4(7)11-3-1-8(2-3)5(9)10/h3-4H,1-2H2,(H,9,10)/p-1. The first-order chi connectivity index (χ1) is 5.09. The van der Waals surface area contributed by atoms with Crippen molar-refractivity contribution in [3.05, 3.63) is 0 Å². The van der Waals surface area contributed by atoms with E-state index in [1.807, 2.05) is 0 Å². The maximum absolute atomic E-state index is 11.4. The number of hydrogen-bond donors (Lipinski definition) is 0. The van der Waals surface area contributed by atoms with Crippen molar-refractivity contribution >= 4 is 6.09 Å². The van der Waals surface area contributed by atoms with E-state index in [2.05, 4.69) is 4.74 Å². The third kappa shape index (κ3) is 2.01. The number of hydrogen-bond acceptors (Lipinski definition) is 3. The summed E-state index contributed by atoms with van der Waals surface area (Å²) in [6, 6.07) is 0. The first-order valence-corrected chi connectivity index (χ1v) is 2.99. The highest BCUT2D eigenvalue weighted by Gasteiger charge is 2.29. The number of nitrogens with zero attached hydrogens (tertiary/aromatic N) is 1. The van der Waals surface area contributed by atoms with Crippen LogP contribution in [0.1, 0.15) is 0 Å². The molecule has 0 bridgehead atoms. The second kappa shape index (κ2) is 3.00. The lowest BCUT2D eigenvalue weighted by atomic mass is 10.2. The first-order valence-electron chi connectivity index (χ1n) is 2.99. The van der Waals surface area contributed by atoms with Gasteiger partial charge in [0.25, 0.3) is 0 Å². The van der Waals surface area contributed by atoms with Gasteiger partial charge in [0.1, 0.15) is 6.09 Å². The molecule has 0 atom stereocenters. The molecule has 0 aromatic heterocycles. The topological polar surface area (TPSA) is 52.6 Å². The summed E-state index contributed by atoms with van der Waals surface area (Å²) in [5, 5.41) is 9.98. The molecule has 4 nitrogen and oxygen atoms in total. The Kier molecular flexibility index (Phi) is 2.23. The Labute approximate surface area is 61.4 Å². The lowest BCUT2D eigenvalue weighted by Crippen LogP contribution is -2.58. The number of carbonyl (C=O) groups is 1. The van der Waals surface area contributed by atoms with Crippen LogP contribution in [0.3, 0.4) is 0 Å². The lowest BCUT2D eigenvalue weighted by molar-refractivity contribution is -0.280. The zero-order valence-corrected chi connectivity index (χ0v) is 5.50.